The maximum atomic E-state index is 11.3. The van der Waals surface area contributed by atoms with Crippen molar-refractivity contribution in [2.45, 2.75) is 33.6 Å². The summed E-state index contributed by atoms with van der Waals surface area (Å²) in [5.74, 6) is 0.552. The van der Waals surface area contributed by atoms with Gasteiger partial charge in [-0.05, 0) is 12.3 Å². The number of carbonyl (C=O) groups is 1. The summed E-state index contributed by atoms with van der Waals surface area (Å²) in [7, 11) is 0. The minimum absolute atomic E-state index is 0.153. The molecule has 1 rings (SSSR count). The van der Waals surface area contributed by atoms with Crippen LogP contribution in [0.15, 0.2) is 5.10 Å². The summed E-state index contributed by atoms with van der Waals surface area (Å²) in [5, 5.41) is 5.85. The van der Waals surface area contributed by atoms with E-state index in [0.29, 0.717) is 12.3 Å². The van der Waals surface area contributed by atoms with E-state index in [9.17, 15) is 4.79 Å². The molecule has 0 saturated heterocycles. The van der Waals surface area contributed by atoms with Crippen molar-refractivity contribution in [3.8, 4) is 0 Å². The van der Waals surface area contributed by atoms with Crippen molar-refractivity contribution < 1.29 is 4.79 Å². The van der Waals surface area contributed by atoms with Crippen LogP contribution in [0.4, 0.5) is 0 Å². The first kappa shape index (κ1) is 9.23. The molecular formula is C9H16N2O. The van der Waals surface area contributed by atoms with Crippen LogP contribution < -0.4 is 0 Å². The molecule has 3 nitrogen and oxygen atoms in total. The van der Waals surface area contributed by atoms with Gasteiger partial charge in [-0.15, -0.1) is 0 Å². The van der Waals surface area contributed by atoms with Crippen molar-refractivity contribution >= 4 is 11.6 Å². The number of hydrazone groups is 1. The highest BCUT2D eigenvalue weighted by Gasteiger charge is 2.24. The Balaban J connectivity index is 2.60. The van der Waals surface area contributed by atoms with Crippen molar-refractivity contribution in [2.24, 2.45) is 11.0 Å². The number of rotatable bonds is 3. The van der Waals surface area contributed by atoms with Gasteiger partial charge in [0, 0.05) is 6.54 Å². The van der Waals surface area contributed by atoms with Gasteiger partial charge in [-0.3, -0.25) is 4.79 Å². The van der Waals surface area contributed by atoms with Crippen molar-refractivity contribution in [2.75, 3.05) is 6.54 Å². The molecule has 1 heterocycles. The Labute approximate surface area is 73.4 Å². The second-order valence-electron chi connectivity index (χ2n) is 3.44. The molecule has 0 spiro atoms. The molecule has 0 aromatic carbocycles. The molecule has 0 aromatic heterocycles. The number of hydrogen-bond donors (Lipinski definition) is 0. The molecule has 0 atom stereocenters. The van der Waals surface area contributed by atoms with Crippen LogP contribution in [0, 0.1) is 5.92 Å². The normalized spacial score (nSPS) is 17.5. The zero-order valence-electron chi connectivity index (χ0n) is 8.00. The first-order chi connectivity index (χ1) is 5.65. The summed E-state index contributed by atoms with van der Waals surface area (Å²) < 4.78 is 0. The van der Waals surface area contributed by atoms with Crippen LogP contribution >= 0.6 is 0 Å². The van der Waals surface area contributed by atoms with Gasteiger partial charge in [0.1, 0.15) is 0 Å². The summed E-state index contributed by atoms with van der Waals surface area (Å²) in [6.07, 6.45) is 1.50. The van der Waals surface area contributed by atoms with Gasteiger partial charge >= 0.3 is 0 Å². The van der Waals surface area contributed by atoms with Crippen LogP contribution in [0.5, 0.6) is 0 Å². The van der Waals surface area contributed by atoms with E-state index < -0.39 is 0 Å². The molecule has 0 aromatic rings. The second-order valence-corrected chi connectivity index (χ2v) is 3.44. The number of carbonyl (C=O) groups excluding carboxylic acids is 1. The Kier molecular flexibility index (Phi) is 2.84. The van der Waals surface area contributed by atoms with Gasteiger partial charge in [0.2, 0.25) is 5.91 Å². The lowest BCUT2D eigenvalue weighted by molar-refractivity contribution is -0.128. The maximum Gasteiger partial charge on any atom is 0.248 e. The van der Waals surface area contributed by atoms with Gasteiger partial charge in [0.25, 0.3) is 0 Å². The maximum absolute atomic E-state index is 11.3. The summed E-state index contributed by atoms with van der Waals surface area (Å²) in [4.78, 5) is 11.3. The summed E-state index contributed by atoms with van der Waals surface area (Å²) in [6.45, 7) is 6.95. The van der Waals surface area contributed by atoms with Gasteiger partial charge in [-0.1, -0.05) is 20.8 Å². The summed E-state index contributed by atoms with van der Waals surface area (Å²) in [5.41, 5.74) is 1.02. The van der Waals surface area contributed by atoms with Crippen molar-refractivity contribution in [1.29, 1.82) is 0 Å². The van der Waals surface area contributed by atoms with E-state index in [-0.39, 0.29) is 5.91 Å². The Morgan fingerprint density at radius 3 is 2.67 bits per heavy atom. The van der Waals surface area contributed by atoms with Crippen molar-refractivity contribution in [1.82, 2.24) is 5.01 Å². The number of hydrogen-bond acceptors (Lipinski definition) is 2. The van der Waals surface area contributed by atoms with Gasteiger partial charge in [-0.25, -0.2) is 5.01 Å². The molecule has 0 aliphatic carbocycles. The quantitative estimate of drug-likeness (QED) is 0.630. The molecule has 1 aliphatic heterocycles. The van der Waals surface area contributed by atoms with Crippen LogP contribution in [0.1, 0.15) is 33.6 Å². The smallest absolute Gasteiger partial charge is 0.248 e. The lowest BCUT2D eigenvalue weighted by atomic mass is 10.1. The van der Waals surface area contributed by atoms with Crippen LogP contribution in [0.2, 0.25) is 0 Å². The zero-order chi connectivity index (χ0) is 9.14. The third-order valence-corrected chi connectivity index (χ3v) is 1.97. The van der Waals surface area contributed by atoms with Gasteiger partial charge in [0.15, 0.2) is 0 Å². The minimum Gasteiger partial charge on any atom is -0.273 e. The second kappa shape index (κ2) is 3.70. The van der Waals surface area contributed by atoms with Gasteiger partial charge < -0.3 is 0 Å². The SMILES string of the molecule is CCCN1N=C(C(C)C)CC1=O. The van der Waals surface area contributed by atoms with E-state index in [1.165, 1.54) is 0 Å². The molecule has 0 N–H and O–H groups in total. The molecule has 3 heteroatoms. The van der Waals surface area contributed by atoms with Crippen molar-refractivity contribution in [3.05, 3.63) is 0 Å². The van der Waals surface area contributed by atoms with E-state index in [2.05, 4.69) is 25.9 Å². The average molecular weight is 168 g/mol. The predicted molar refractivity (Wildman–Crippen MR) is 48.9 cm³/mol. The summed E-state index contributed by atoms with van der Waals surface area (Å²) >= 11 is 0. The molecule has 1 amide bonds. The topological polar surface area (TPSA) is 32.7 Å². The lowest BCUT2D eigenvalue weighted by Gasteiger charge is -2.08. The van der Waals surface area contributed by atoms with Crippen LogP contribution in [-0.4, -0.2) is 23.2 Å². The van der Waals surface area contributed by atoms with E-state index in [1.807, 2.05) is 0 Å². The van der Waals surface area contributed by atoms with Crippen LogP contribution in [-0.2, 0) is 4.79 Å². The fraction of sp³-hybridized carbons (Fsp3) is 0.778. The summed E-state index contributed by atoms with van der Waals surface area (Å²) in [6, 6.07) is 0. The fourth-order valence-electron chi connectivity index (χ4n) is 1.20. The molecule has 0 radical (unpaired) electrons. The molecule has 68 valence electrons. The molecular weight excluding hydrogens is 152 g/mol. The first-order valence-electron chi connectivity index (χ1n) is 4.53. The third kappa shape index (κ3) is 1.84. The van der Waals surface area contributed by atoms with Crippen molar-refractivity contribution in [3.63, 3.8) is 0 Å². The number of nitrogens with zero attached hydrogens (tertiary/aromatic N) is 2. The predicted octanol–water partition coefficient (Wildman–Crippen LogP) is 1.64. The number of amides is 1. The first-order valence-corrected chi connectivity index (χ1v) is 4.53. The Morgan fingerprint density at radius 1 is 1.58 bits per heavy atom. The van der Waals surface area contributed by atoms with E-state index in [1.54, 1.807) is 5.01 Å². The zero-order valence-corrected chi connectivity index (χ0v) is 8.00. The fourth-order valence-corrected chi connectivity index (χ4v) is 1.20. The van der Waals surface area contributed by atoms with E-state index in [4.69, 9.17) is 0 Å². The molecule has 0 saturated carbocycles. The standard InChI is InChI=1S/C9H16N2O/c1-4-5-11-9(12)6-8(10-11)7(2)3/h7H,4-6H2,1-3H3. The highest BCUT2D eigenvalue weighted by molar-refractivity contribution is 6.05. The average Bonchev–Trinajstić information content (AvgIpc) is 2.34. The molecule has 1 aliphatic rings. The van der Waals surface area contributed by atoms with E-state index in [0.717, 1.165) is 18.7 Å². The Morgan fingerprint density at radius 2 is 2.25 bits per heavy atom. The molecule has 0 bridgehead atoms. The van der Waals surface area contributed by atoms with Crippen LogP contribution in [0.25, 0.3) is 0 Å². The minimum atomic E-state index is 0.153. The molecule has 12 heavy (non-hydrogen) atoms. The highest BCUT2D eigenvalue weighted by Crippen LogP contribution is 2.13. The van der Waals surface area contributed by atoms with E-state index >= 15 is 0 Å². The van der Waals surface area contributed by atoms with Gasteiger partial charge in [0.05, 0.1) is 12.1 Å². The molecule has 0 fully saturated rings. The Hall–Kier alpha value is -0.860. The highest BCUT2D eigenvalue weighted by atomic mass is 16.2. The monoisotopic (exact) mass is 168 g/mol. The largest absolute Gasteiger partial charge is 0.273 e. The van der Waals surface area contributed by atoms with Gasteiger partial charge in [-0.2, -0.15) is 5.10 Å². The lowest BCUT2D eigenvalue weighted by Crippen LogP contribution is -2.21. The van der Waals surface area contributed by atoms with Crippen LogP contribution in [0.3, 0.4) is 0 Å². The Bertz CT molecular complexity index is 209. The third-order valence-electron chi connectivity index (χ3n) is 1.97. The molecule has 0 unspecified atom stereocenters.